The number of aromatic nitrogens is 2. The van der Waals surface area contributed by atoms with E-state index in [2.05, 4.69) is 16.9 Å². The highest BCUT2D eigenvalue weighted by molar-refractivity contribution is 7.21. The highest BCUT2D eigenvalue weighted by atomic mass is 32.1. The Kier molecular flexibility index (Phi) is 3.99. The predicted octanol–water partition coefficient (Wildman–Crippen LogP) is 2.53. The van der Waals surface area contributed by atoms with Gasteiger partial charge in [0, 0.05) is 25.0 Å². The van der Waals surface area contributed by atoms with E-state index in [0.29, 0.717) is 27.5 Å². The van der Waals surface area contributed by atoms with Crippen LogP contribution in [-0.2, 0) is 0 Å². The Hall–Kier alpha value is -1.69. The van der Waals surface area contributed by atoms with E-state index < -0.39 is 0 Å². The van der Waals surface area contributed by atoms with Crippen LogP contribution < -0.4 is 5.73 Å². The van der Waals surface area contributed by atoms with Crippen molar-refractivity contribution in [2.75, 3.05) is 12.3 Å². The van der Waals surface area contributed by atoms with Crippen LogP contribution in [0.25, 0.3) is 10.3 Å². The molecule has 0 aliphatic rings. The molecule has 102 valence electrons. The normalized spacial score (nSPS) is 12.6. The molecule has 0 saturated carbocycles. The maximum Gasteiger partial charge on any atom is 0.266 e. The lowest BCUT2D eigenvalue weighted by atomic mass is 10.2. The van der Waals surface area contributed by atoms with Crippen LogP contribution in [0.1, 0.15) is 36.9 Å². The highest BCUT2D eigenvalue weighted by Gasteiger charge is 2.24. The molecule has 0 aliphatic heterocycles. The molecule has 1 unspecified atom stereocenters. The summed E-state index contributed by atoms with van der Waals surface area (Å²) in [6, 6.07) is 0.197. The van der Waals surface area contributed by atoms with Gasteiger partial charge in [-0.2, -0.15) is 0 Å². The number of nitrogens with two attached hydrogens (primary N) is 1. The number of hydrogen-bond donors (Lipinski definition) is 1. The zero-order valence-corrected chi connectivity index (χ0v) is 12.2. The summed E-state index contributed by atoms with van der Waals surface area (Å²) in [5, 5.41) is 0. The molecule has 19 heavy (non-hydrogen) atoms. The quantitative estimate of drug-likeness (QED) is 0.932. The molecule has 0 radical (unpaired) electrons. The zero-order chi connectivity index (χ0) is 14.0. The first-order valence-electron chi connectivity index (χ1n) is 6.40. The molecule has 2 rings (SSSR count). The SMILES string of the molecule is CCC(C)N(CC)C(=O)c1sc2nccnc2c1N. The smallest absolute Gasteiger partial charge is 0.266 e. The van der Waals surface area contributed by atoms with Gasteiger partial charge in [-0.15, -0.1) is 11.3 Å². The molecule has 2 aromatic heterocycles. The molecule has 1 atom stereocenters. The van der Waals surface area contributed by atoms with Crippen molar-refractivity contribution in [3.8, 4) is 0 Å². The molecule has 0 spiro atoms. The van der Waals surface area contributed by atoms with Gasteiger partial charge in [0.25, 0.3) is 5.91 Å². The van der Waals surface area contributed by atoms with E-state index in [0.717, 1.165) is 6.42 Å². The third-order valence-corrected chi connectivity index (χ3v) is 4.37. The van der Waals surface area contributed by atoms with Crippen molar-refractivity contribution in [1.29, 1.82) is 0 Å². The van der Waals surface area contributed by atoms with Crippen LogP contribution >= 0.6 is 11.3 Å². The van der Waals surface area contributed by atoms with Crippen molar-refractivity contribution >= 4 is 33.3 Å². The Morgan fingerprint density at radius 2 is 2.11 bits per heavy atom. The fraction of sp³-hybridized carbons (Fsp3) is 0.462. The summed E-state index contributed by atoms with van der Waals surface area (Å²) in [5.74, 6) is -0.0286. The summed E-state index contributed by atoms with van der Waals surface area (Å²) in [6.45, 7) is 6.76. The molecule has 2 aromatic rings. The topological polar surface area (TPSA) is 72.1 Å². The maximum atomic E-state index is 12.6. The van der Waals surface area contributed by atoms with Crippen molar-refractivity contribution in [1.82, 2.24) is 14.9 Å². The molecule has 1 amide bonds. The maximum absolute atomic E-state index is 12.6. The molecular weight excluding hydrogens is 260 g/mol. The minimum Gasteiger partial charge on any atom is -0.396 e. The van der Waals surface area contributed by atoms with Crippen molar-refractivity contribution in [2.24, 2.45) is 0 Å². The van der Waals surface area contributed by atoms with Crippen LogP contribution in [0.5, 0.6) is 0 Å². The van der Waals surface area contributed by atoms with E-state index in [1.165, 1.54) is 11.3 Å². The molecule has 0 aromatic carbocycles. The van der Waals surface area contributed by atoms with Gasteiger partial charge in [-0.3, -0.25) is 4.79 Å². The van der Waals surface area contributed by atoms with E-state index in [1.54, 1.807) is 12.4 Å². The second-order valence-electron chi connectivity index (χ2n) is 4.40. The van der Waals surface area contributed by atoms with Crippen molar-refractivity contribution in [3.05, 3.63) is 17.3 Å². The number of fused-ring (bicyclic) bond motifs is 1. The highest BCUT2D eigenvalue weighted by Crippen LogP contribution is 2.31. The predicted molar refractivity (Wildman–Crippen MR) is 78.3 cm³/mol. The lowest BCUT2D eigenvalue weighted by Crippen LogP contribution is -2.37. The molecule has 2 heterocycles. The largest absolute Gasteiger partial charge is 0.396 e. The second-order valence-corrected chi connectivity index (χ2v) is 5.40. The van der Waals surface area contributed by atoms with Gasteiger partial charge in [0.15, 0.2) is 0 Å². The second kappa shape index (κ2) is 5.52. The summed E-state index contributed by atoms with van der Waals surface area (Å²) in [4.78, 5) is 24.0. The van der Waals surface area contributed by atoms with Gasteiger partial charge in [0.2, 0.25) is 0 Å². The van der Waals surface area contributed by atoms with Crippen molar-refractivity contribution < 1.29 is 4.79 Å². The zero-order valence-electron chi connectivity index (χ0n) is 11.4. The number of nitrogens with zero attached hydrogens (tertiary/aromatic N) is 3. The summed E-state index contributed by atoms with van der Waals surface area (Å²) >= 11 is 1.31. The van der Waals surface area contributed by atoms with Crippen LogP contribution in [0.15, 0.2) is 12.4 Å². The molecule has 2 N–H and O–H groups in total. The third kappa shape index (κ3) is 2.40. The van der Waals surface area contributed by atoms with Crippen LogP contribution in [0, 0.1) is 0 Å². The van der Waals surface area contributed by atoms with Crippen LogP contribution in [0.4, 0.5) is 5.69 Å². The van der Waals surface area contributed by atoms with E-state index >= 15 is 0 Å². The summed E-state index contributed by atoms with van der Waals surface area (Å²) in [7, 11) is 0. The van der Waals surface area contributed by atoms with Gasteiger partial charge in [-0.25, -0.2) is 9.97 Å². The minimum absolute atomic E-state index is 0.0286. The standard InChI is InChI=1S/C13H18N4OS/c1-4-8(3)17(5-2)13(18)11-9(14)10-12(19-11)16-7-6-15-10/h6-8H,4-5,14H2,1-3H3. The minimum atomic E-state index is -0.0286. The first-order valence-corrected chi connectivity index (χ1v) is 7.21. The number of rotatable bonds is 4. The number of carbonyl (C=O) groups is 1. The van der Waals surface area contributed by atoms with Gasteiger partial charge in [-0.05, 0) is 20.3 Å². The number of hydrogen-bond acceptors (Lipinski definition) is 5. The van der Waals surface area contributed by atoms with Gasteiger partial charge < -0.3 is 10.6 Å². The number of anilines is 1. The van der Waals surface area contributed by atoms with E-state index in [4.69, 9.17) is 5.73 Å². The average Bonchev–Trinajstić information content (AvgIpc) is 2.77. The monoisotopic (exact) mass is 278 g/mol. The van der Waals surface area contributed by atoms with Gasteiger partial charge in [-0.1, -0.05) is 6.92 Å². The summed E-state index contributed by atoms with van der Waals surface area (Å²) in [5.41, 5.74) is 7.10. The first kappa shape index (κ1) is 13.7. The molecule has 0 saturated heterocycles. The molecule has 0 fully saturated rings. The summed E-state index contributed by atoms with van der Waals surface area (Å²) < 4.78 is 0. The number of nitrogen functional groups attached to an aromatic ring is 1. The van der Waals surface area contributed by atoms with E-state index in [9.17, 15) is 4.79 Å². The Labute approximate surface area is 116 Å². The van der Waals surface area contributed by atoms with Crippen molar-refractivity contribution in [2.45, 2.75) is 33.2 Å². The van der Waals surface area contributed by atoms with E-state index in [1.807, 2.05) is 18.7 Å². The molecule has 6 heteroatoms. The Bertz CT molecular complexity index is 595. The Balaban J connectivity index is 2.43. The van der Waals surface area contributed by atoms with Crippen LogP contribution in [-0.4, -0.2) is 33.4 Å². The van der Waals surface area contributed by atoms with Crippen LogP contribution in [0.2, 0.25) is 0 Å². The summed E-state index contributed by atoms with van der Waals surface area (Å²) in [6.07, 6.45) is 4.12. The van der Waals surface area contributed by atoms with Crippen LogP contribution in [0.3, 0.4) is 0 Å². The van der Waals surface area contributed by atoms with Gasteiger partial charge >= 0.3 is 0 Å². The number of amides is 1. The lowest BCUT2D eigenvalue weighted by molar-refractivity contribution is 0.0706. The Morgan fingerprint density at radius 3 is 2.68 bits per heavy atom. The fourth-order valence-electron chi connectivity index (χ4n) is 2.01. The molecule has 0 bridgehead atoms. The molecule has 0 aliphatic carbocycles. The van der Waals surface area contributed by atoms with Gasteiger partial charge in [0.1, 0.15) is 15.2 Å². The first-order chi connectivity index (χ1) is 9.10. The fourth-order valence-corrected chi connectivity index (χ4v) is 2.99. The average molecular weight is 278 g/mol. The molecule has 5 nitrogen and oxygen atoms in total. The van der Waals surface area contributed by atoms with Gasteiger partial charge in [0.05, 0.1) is 5.69 Å². The van der Waals surface area contributed by atoms with Crippen molar-refractivity contribution in [3.63, 3.8) is 0 Å². The lowest BCUT2D eigenvalue weighted by Gasteiger charge is -2.26. The number of thiophene rings is 1. The molecular formula is C13H18N4OS. The number of carbonyl (C=O) groups excluding carboxylic acids is 1. The third-order valence-electron chi connectivity index (χ3n) is 3.28. The Morgan fingerprint density at radius 1 is 1.42 bits per heavy atom. The van der Waals surface area contributed by atoms with E-state index in [-0.39, 0.29) is 11.9 Å².